The number of fused-ring (bicyclic) bond motifs is 1. The number of nitrogens with zero attached hydrogens (tertiary/aromatic N) is 3. The molecule has 170 valence electrons. The highest BCUT2D eigenvalue weighted by Gasteiger charge is 2.37. The molecule has 3 aromatic rings. The second kappa shape index (κ2) is 8.74. The first-order valence-electron chi connectivity index (χ1n) is 10.6. The van der Waals surface area contributed by atoms with Crippen LogP contribution in [0, 0.1) is 5.92 Å². The van der Waals surface area contributed by atoms with E-state index in [2.05, 4.69) is 15.3 Å². The van der Waals surface area contributed by atoms with Crippen LogP contribution in [0.1, 0.15) is 38.1 Å². The number of rotatable bonds is 7. The number of ether oxygens (including phenoxy) is 1. The number of hydrogen-bond donors (Lipinski definition) is 1. The topological polar surface area (TPSA) is 103 Å². The van der Waals surface area contributed by atoms with Crippen molar-refractivity contribution in [1.29, 1.82) is 0 Å². The van der Waals surface area contributed by atoms with Crippen LogP contribution in [0.4, 0.5) is 5.13 Å². The molecule has 2 aromatic heterocycles. The lowest BCUT2D eigenvalue weighted by molar-refractivity contribution is -0.120. The summed E-state index contributed by atoms with van der Waals surface area (Å²) in [6.45, 7) is 1.38. The van der Waals surface area contributed by atoms with Crippen molar-refractivity contribution in [3.8, 4) is 0 Å². The van der Waals surface area contributed by atoms with Crippen LogP contribution in [0.15, 0.2) is 35.6 Å². The SMILES string of the molecule is O=C(Nc1ncc(Cl)s1)[C@H](CC1CCOCC1)n1cnc2cc(S(=O)(=O)C3CC3)ccc21. The Kier molecular flexibility index (Phi) is 5.96. The Morgan fingerprint density at radius 2 is 2.03 bits per heavy atom. The largest absolute Gasteiger partial charge is 0.381 e. The van der Waals surface area contributed by atoms with Crippen LogP contribution in [0.3, 0.4) is 0 Å². The number of carbonyl (C=O) groups excluding carboxylic acids is 1. The maximum absolute atomic E-state index is 13.3. The van der Waals surface area contributed by atoms with E-state index in [1.807, 2.05) is 4.57 Å². The summed E-state index contributed by atoms with van der Waals surface area (Å²) in [6, 6.07) is 4.47. The average molecular weight is 495 g/mol. The van der Waals surface area contributed by atoms with Gasteiger partial charge in [0.2, 0.25) is 5.91 Å². The van der Waals surface area contributed by atoms with Crippen molar-refractivity contribution < 1.29 is 17.9 Å². The van der Waals surface area contributed by atoms with E-state index in [1.165, 1.54) is 17.5 Å². The summed E-state index contributed by atoms with van der Waals surface area (Å²) in [7, 11) is -3.31. The number of thiazole rings is 1. The molecule has 0 radical (unpaired) electrons. The van der Waals surface area contributed by atoms with Gasteiger partial charge in [-0.05, 0) is 56.2 Å². The number of carbonyl (C=O) groups is 1. The molecule has 2 fully saturated rings. The molecule has 3 heterocycles. The molecule has 1 saturated carbocycles. The number of nitrogens with one attached hydrogen (secondary N) is 1. The first-order chi connectivity index (χ1) is 15.4. The lowest BCUT2D eigenvalue weighted by Crippen LogP contribution is -2.29. The van der Waals surface area contributed by atoms with Gasteiger partial charge in [-0.25, -0.2) is 18.4 Å². The first-order valence-corrected chi connectivity index (χ1v) is 13.4. The predicted octanol–water partition coefficient (Wildman–Crippen LogP) is 4.08. The third-order valence-electron chi connectivity index (χ3n) is 6.08. The molecule has 11 heteroatoms. The van der Waals surface area contributed by atoms with Gasteiger partial charge in [-0.2, -0.15) is 0 Å². The fraction of sp³-hybridized carbons (Fsp3) is 0.476. The molecule has 8 nitrogen and oxygen atoms in total. The van der Waals surface area contributed by atoms with E-state index in [4.69, 9.17) is 16.3 Å². The molecular weight excluding hydrogens is 472 g/mol. The second-order valence-electron chi connectivity index (χ2n) is 8.31. The zero-order valence-electron chi connectivity index (χ0n) is 17.2. The van der Waals surface area contributed by atoms with Crippen LogP contribution in [-0.4, -0.2) is 47.3 Å². The quantitative estimate of drug-likeness (QED) is 0.530. The van der Waals surface area contributed by atoms with Gasteiger partial charge >= 0.3 is 0 Å². The summed E-state index contributed by atoms with van der Waals surface area (Å²) in [5, 5.41) is 3.04. The van der Waals surface area contributed by atoms with E-state index < -0.39 is 15.9 Å². The van der Waals surface area contributed by atoms with Crippen molar-refractivity contribution >= 4 is 54.8 Å². The predicted molar refractivity (Wildman–Crippen MR) is 123 cm³/mol. The fourth-order valence-corrected chi connectivity index (χ4v) is 6.64. The molecule has 2 aliphatic rings. The van der Waals surface area contributed by atoms with Gasteiger partial charge in [-0.1, -0.05) is 22.9 Å². The Bertz CT molecular complexity index is 1250. The van der Waals surface area contributed by atoms with Gasteiger partial charge in [-0.15, -0.1) is 0 Å². The minimum atomic E-state index is -3.31. The first kappa shape index (κ1) is 21.8. The molecule has 1 atom stereocenters. The molecule has 0 spiro atoms. The molecule has 1 aliphatic carbocycles. The Morgan fingerprint density at radius 1 is 1.25 bits per heavy atom. The van der Waals surface area contributed by atoms with Crippen molar-refractivity contribution in [2.45, 2.75) is 48.3 Å². The maximum Gasteiger partial charge on any atom is 0.249 e. The van der Waals surface area contributed by atoms with Crippen molar-refractivity contribution in [2.75, 3.05) is 18.5 Å². The van der Waals surface area contributed by atoms with Crippen LogP contribution in [0.5, 0.6) is 0 Å². The summed E-state index contributed by atoms with van der Waals surface area (Å²) < 4.78 is 33.1. The standard InChI is InChI=1S/C21H23ClN4O4S2/c22-19-11-23-21(31-19)25-20(27)18(9-13-5-7-30-8-6-13)26-12-24-16-10-15(3-4-17(16)26)32(28,29)14-1-2-14/h3-4,10-14,18H,1-2,5-9H2,(H,23,25,27)/t18-/m0/s1. The molecule has 0 unspecified atom stereocenters. The monoisotopic (exact) mass is 494 g/mol. The number of imidazole rings is 1. The Balaban J connectivity index is 1.47. The Morgan fingerprint density at radius 3 is 2.72 bits per heavy atom. The second-order valence-corrected chi connectivity index (χ2v) is 12.2. The average Bonchev–Trinajstić information content (AvgIpc) is 3.46. The zero-order valence-corrected chi connectivity index (χ0v) is 19.6. The normalized spacial score (nSPS) is 18.7. The number of aromatic nitrogens is 3. The van der Waals surface area contributed by atoms with E-state index in [0.717, 1.165) is 18.4 Å². The van der Waals surface area contributed by atoms with E-state index in [0.29, 0.717) is 58.3 Å². The van der Waals surface area contributed by atoms with Crippen LogP contribution in [-0.2, 0) is 19.4 Å². The number of hydrogen-bond acceptors (Lipinski definition) is 7. The molecule has 0 bridgehead atoms. The Labute approximate surface area is 194 Å². The molecule has 1 saturated heterocycles. The summed E-state index contributed by atoms with van der Waals surface area (Å²) in [4.78, 5) is 22.2. The van der Waals surface area contributed by atoms with Gasteiger partial charge in [0, 0.05) is 13.2 Å². The van der Waals surface area contributed by atoms with Crippen molar-refractivity contribution in [3.63, 3.8) is 0 Å². The zero-order chi connectivity index (χ0) is 22.3. The van der Waals surface area contributed by atoms with E-state index in [-0.39, 0.29) is 11.2 Å². The smallest absolute Gasteiger partial charge is 0.249 e. The summed E-state index contributed by atoms with van der Waals surface area (Å²) in [5.41, 5.74) is 1.29. The molecule has 1 aromatic carbocycles. The number of halogens is 1. The molecular formula is C21H23ClN4O4S2. The van der Waals surface area contributed by atoms with E-state index >= 15 is 0 Å². The molecule has 1 aliphatic heterocycles. The van der Waals surface area contributed by atoms with Gasteiger partial charge in [-0.3, -0.25) is 4.79 Å². The van der Waals surface area contributed by atoms with Gasteiger partial charge < -0.3 is 14.6 Å². The van der Waals surface area contributed by atoms with Crippen LogP contribution in [0.25, 0.3) is 11.0 Å². The van der Waals surface area contributed by atoms with Gasteiger partial charge in [0.15, 0.2) is 15.0 Å². The highest BCUT2D eigenvalue weighted by Crippen LogP contribution is 2.35. The van der Waals surface area contributed by atoms with Crippen LogP contribution >= 0.6 is 22.9 Å². The number of amides is 1. The molecule has 1 amide bonds. The van der Waals surface area contributed by atoms with Crippen LogP contribution in [0.2, 0.25) is 4.34 Å². The van der Waals surface area contributed by atoms with Gasteiger partial charge in [0.1, 0.15) is 10.4 Å². The summed E-state index contributed by atoms with van der Waals surface area (Å²) in [5.74, 6) is 0.142. The number of sulfone groups is 1. The summed E-state index contributed by atoms with van der Waals surface area (Å²) >= 11 is 7.17. The lowest BCUT2D eigenvalue weighted by atomic mass is 9.92. The van der Waals surface area contributed by atoms with Crippen molar-refractivity contribution in [1.82, 2.24) is 14.5 Å². The third-order valence-corrected chi connectivity index (χ3v) is 9.37. The van der Waals surface area contributed by atoms with Gasteiger partial charge in [0.25, 0.3) is 0 Å². The van der Waals surface area contributed by atoms with Crippen molar-refractivity contribution in [2.24, 2.45) is 5.92 Å². The third kappa shape index (κ3) is 4.41. The van der Waals surface area contributed by atoms with Crippen molar-refractivity contribution in [3.05, 3.63) is 35.1 Å². The van der Waals surface area contributed by atoms with E-state index in [9.17, 15) is 13.2 Å². The lowest BCUT2D eigenvalue weighted by Gasteiger charge is -2.27. The van der Waals surface area contributed by atoms with Crippen LogP contribution < -0.4 is 5.32 Å². The molecule has 5 rings (SSSR count). The molecule has 32 heavy (non-hydrogen) atoms. The Hall–Kier alpha value is -2.01. The maximum atomic E-state index is 13.3. The highest BCUT2D eigenvalue weighted by atomic mass is 35.5. The number of benzene rings is 1. The van der Waals surface area contributed by atoms with E-state index in [1.54, 1.807) is 24.5 Å². The fourth-order valence-electron chi connectivity index (χ4n) is 4.15. The molecule has 1 N–H and O–H groups in total. The van der Waals surface area contributed by atoms with Gasteiger partial charge in [0.05, 0.1) is 33.7 Å². The minimum absolute atomic E-state index is 0.198. The number of anilines is 1. The highest BCUT2D eigenvalue weighted by molar-refractivity contribution is 7.92. The minimum Gasteiger partial charge on any atom is -0.381 e. The summed E-state index contributed by atoms with van der Waals surface area (Å²) in [6.07, 6.45) is 6.96.